The van der Waals surface area contributed by atoms with E-state index in [1.165, 1.54) is 6.26 Å². The van der Waals surface area contributed by atoms with Gasteiger partial charge >= 0.3 is 0 Å². The van der Waals surface area contributed by atoms with Crippen molar-refractivity contribution in [1.29, 1.82) is 0 Å². The summed E-state index contributed by atoms with van der Waals surface area (Å²) < 4.78 is 11.3. The monoisotopic (exact) mass is 342 g/mol. The molecule has 0 radical (unpaired) electrons. The van der Waals surface area contributed by atoms with Crippen molar-refractivity contribution in [3.8, 4) is 0 Å². The molecule has 0 N–H and O–H groups in total. The summed E-state index contributed by atoms with van der Waals surface area (Å²) in [5, 5.41) is 8.46. The van der Waals surface area contributed by atoms with Crippen LogP contribution in [0.1, 0.15) is 22.7 Å². The summed E-state index contributed by atoms with van der Waals surface area (Å²) >= 11 is 0. The Morgan fingerprint density at radius 3 is 2.88 bits per heavy atom. The Labute approximate surface area is 146 Å². The average molecular weight is 342 g/mol. The molecular formula is C18H22N4O3. The Kier molecular flexibility index (Phi) is 4.40. The maximum atomic E-state index is 12.5. The Balaban J connectivity index is 1.43. The summed E-state index contributed by atoms with van der Waals surface area (Å²) in [7, 11) is 0. The zero-order valence-electron chi connectivity index (χ0n) is 14.3. The molecule has 2 fully saturated rings. The van der Waals surface area contributed by atoms with Crippen LogP contribution in [-0.4, -0.2) is 59.9 Å². The van der Waals surface area contributed by atoms with E-state index in [9.17, 15) is 4.79 Å². The Morgan fingerprint density at radius 2 is 2.12 bits per heavy atom. The lowest BCUT2D eigenvalue weighted by Gasteiger charge is -2.37. The molecule has 132 valence electrons. The van der Waals surface area contributed by atoms with E-state index in [-0.39, 0.29) is 12.0 Å². The van der Waals surface area contributed by atoms with Gasteiger partial charge in [-0.3, -0.25) is 4.79 Å². The minimum absolute atomic E-state index is 0.0519. The highest BCUT2D eigenvalue weighted by Gasteiger charge is 2.36. The number of piperidine rings is 1. The van der Waals surface area contributed by atoms with Gasteiger partial charge in [0, 0.05) is 32.1 Å². The summed E-state index contributed by atoms with van der Waals surface area (Å²) in [5.74, 6) is 1.61. The third-order valence-corrected chi connectivity index (χ3v) is 4.97. The lowest BCUT2D eigenvalue weighted by atomic mass is 9.93. The number of amides is 1. The normalized spacial score (nSPS) is 23.9. The average Bonchev–Trinajstić information content (AvgIpc) is 3.08. The van der Waals surface area contributed by atoms with Crippen LogP contribution in [0.5, 0.6) is 0 Å². The smallest absolute Gasteiger partial charge is 0.289 e. The Bertz CT molecular complexity index is 716. The highest BCUT2D eigenvalue weighted by molar-refractivity contribution is 5.91. The van der Waals surface area contributed by atoms with E-state index in [0.717, 1.165) is 37.6 Å². The molecule has 0 saturated carbocycles. The third kappa shape index (κ3) is 3.37. The predicted octanol–water partition coefficient (Wildman–Crippen LogP) is 1.75. The maximum absolute atomic E-state index is 12.5. The summed E-state index contributed by atoms with van der Waals surface area (Å²) in [4.78, 5) is 16.6. The van der Waals surface area contributed by atoms with Gasteiger partial charge in [-0.2, -0.15) is 5.10 Å². The number of likely N-dealkylation sites (tertiary alicyclic amines) is 1. The standard InChI is InChI=1S/C18H22N4O3/c1-13-4-5-17(20-19-13)21-8-10-25-16-12-22(7-6-14(16)11-21)18(23)15-3-2-9-24-15/h2-5,9,14,16H,6-8,10-12H2,1H3/t14-,16-/m1/s1. The molecule has 2 aliphatic heterocycles. The van der Waals surface area contributed by atoms with Crippen LogP contribution >= 0.6 is 0 Å². The minimum atomic E-state index is -0.0578. The summed E-state index contributed by atoms with van der Waals surface area (Å²) in [6.45, 7) is 5.56. The molecule has 4 rings (SSSR count). The second-order valence-corrected chi connectivity index (χ2v) is 6.67. The maximum Gasteiger partial charge on any atom is 0.289 e. The van der Waals surface area contributed by atoms with Gasteiger partial charge in [0.25, 0.3) is 5.91 Å². The van der Waals surface area contributed by atoms with Crippen LogP contribution in [0.25, 0.3) is 0 Å². The summed E-state index contributed by atoms with van der Waals surface area (Å²) in [6.07, 6.45) is 2.49. The fourth-order valence-corrected chi connectivity index (χ4v) is 3.56. The number of hydrogen-bond acceptors (Lipinski definition) is 6. The zero-order chi connectivity index (χ0) is 17.2. The molecule has 25 heavy (non-hydrogen) atoms. The van der Waals surface area contributed by atoms with Gasteiger partial charge in [-0.05, 0) is 37.6 Å². The molecule has 7 nitrogen and oxygen atoms in total. The number of anilines is 1. The first-order chi connectivity index (χ1) is 12.2. The van der Waals surface area contributed by atoms with E-state index in [0.29, 0.717) is 24.8 Å². The van der Waals surface area contributed by atoms with Crippen molar-refractivity contribution in [3.05, 3.63) is 42.0 Å². The van der Waals surface area contributed by atoms with Crippen molar-refractivity contribution in [3.63, 3.8) is 0 Å². The van der Waals surface area contributed by atoms with Gasteiger partial charge in [0.05, 0.1) is 24.7 Å². The van der Waals surface area contributed by atoms with Crippen LogP contribution in [0.2, 0.25) is 0 Å². The second-order valence-electron chi connectivity index (χ2n) is 6.67. The van der Waals surface area contributed by atoms with Crippen LogP contribution in [0.15, 0.2) is 34.9 Å². The fourth-order valence-electron chi connectivity index (χ4n) is 3.56. The largest absolute Gasteiger partial charge is 0.459 e. The first kappa shape index (κ1) is 16.1. The van der Waals surface area contributed by atoms with Crippen molar-refractivity contribution in [1.82, 2.24) is 15.1 Å². The summed E-state index contributed by atoms with van der Waals surface area (Å²) in [6, 6.07) is 7.44. The van der Waals surface area contributed by atoms with E-state index in [2.05, 4.69) is 15.1 Å². The van der Waals surface area contributed by atoms with Gasteiger partial charge in [-0.25, -0.2) is 0 Å². The lowest BCUT2D eigenvalue weighted by molar-refractivity contribution is -0.0177. The molecule has 0 unspecified atom stereocenters. The van der Waals surface area contributed by atoms with Gasteiger partial charge in [-0.15, -0.1) is 5.10 Å². The van der Waals surface area contributed by atoms with Crippen molar-refractivity contribution < 1.29 is 13.9 Å². The van der Waals surface area contributed by atoms with Gasteiger partial charge in [0.15, 0.2) is 11.6 Å². The van der Waals surface area contributed by atoms with E-state index in [1.807, 2.05) is 24.0 Å². The molecular weight excluding hydrogens is 320 g/mol. The van der Waals surface area contributed by atoms with Crippen LogP contribution in [0.3, 0.4) is 0 Å². The lowest BCUT2D eigenvalue weighted by Crippen LogP contribution is -2.49. The van der Waals surface area contributed by atoms with E-state index in [1.54, 1.807) is 12.1 Å². The number of aryl methyl sites for hydroxylation is 1. The SMILES string of the molecule is Cc1ccc(N2CCO[C@@H]3CN(C(=O)c4ccco4)CC[C@@H]3C2)nn1. The molecule has 0 aromatic carbocycles. The number of carbonyl (C=O) groups excluding carboxylic acids is 1. The van der Waals surface area contributed by atoms with Crippen LogP contribution in [0.4, 0.5) is 5.82 Å². The molecule has 1 amide bonds. The first-order valence-electron chi connectivity index (χ1n) is 8.70. The molecule has 0 spiro atoms. The number of aromatic nitrogens is 2. The second kappa shape index (κ2) is 6.84. The summed E-state index contributed by atoms with van der Waals surface area (Å²) in [5.41, 5.74) is 0.914. The predicted molar refractivity (Wildman–Crippen MR) is 91.4 cm³/mol. The van der Waals surface area contributed by atoms with Crippen molar-refractivity contribution in [2.45, 2.75) is 19.4 Å². The quantitative estimate of drug-likeness (QED) is 0.828. The van der Waals surface area contributed by atoms with Crippen LogP contribution in [-0.2, 0) is 4.74 Å². The molecule has 2 atom stereocenters. The molecule has 7 heteroatoms. The van der Waals surface area contributed by atoms with Gasteiger partial charge in [0.2, 0.25) is 0 Å². The number of ether oxygens (including phenoxy) is 1. The Hall–Kier alpha value is -2.41. The highest BCUT2D eigenvalue weighted by atomic mass is 16.5. The molecule has 0 bridgehead atoms. The number of furan rings is 1. The molecule has 4 heterocycles. The van der Waals surface area contributed by atoms with Gasteiger partial charge < -0.3 is 19.0 Å². The molecule has 2 aromatic heterocycles. The molecule has 0 aliphatic carbocycles. The topological polar surface area (TPSA) is 71.7 Å². The van der Waals surface area contributed by atoms with Crippen LogP contribution < -0.4 is 4.90 Å². The fraction of sp³-hybridized carbons (Fsp3) is 0.500. The van der Waals surface area contributed by atoms with Crippen LogP contribution in [0, 0.1) is 12.8 Å². The number of carbonyl (C=O) groups is 1. The number of rotatable bonds is 2. The zero-order valence-corrected chi connectivity index (χ0v) is 14.3. The number of fused-ring (bicyclic) bond motifs is 1. The van der Waals surface area contributed by atoms with Gasteiger partial charge in [0.1, 0.15) is 0 Å². The number of hydrogen-bond donors (Lipinski definition) is 0. The van der Waals surface area contributed by atoms with E-state index >= 15 is 0 Å². The minimum Gasteiger partial charge on any atom is -0.459 e. The first-order valence-corrected chi connectivity index (χ1v) is 8.70. The Morgan fingerprint density at radius 1 is 1.20 bits per heavy atom. The number of nitrogens with zero attached hydrogens (tertiary/aromatic N) is 4. The van der Waals surface area contributed by atoms with Gasteiger partial charge in [-0.1, -0.05) is 0 Å². The molecule has 2 aromatic rings. The molecule has 2 aliphatic rings. The van der Waals surface area contributed by atoms with Crippen molar-refractivity contribution in [2.24, 2.45) is 5.92 Å². The highest BCUT2D eigenvalue weighted by Crippen LogP contribution is 2.27. The third-order valence-electron chi connectivity index (χ3n) is 4.97. The van der Waals surface area contributed by atoms with E-state index in [4.69, 9.17) is 9.15 Å². The van der Waals surface area contributed by atoms with Crippen molar-refractivity contribution in [2.75, 3.05) is 37.7 Å². The van der Waals surface area contributed by atoms with E-state index < -0.39 is 0 Å². The molecule has 2 saturated heterocycles. The van der Waals surface area contributed by atoms with Crippen molar-refractivity contribution >= 4 is 11.7 Å².